The first-order valence-electron chi connectivity index (χ1n) is 10.1. The molecule has 0 saturated heterocycles. The van der Waals surface area contributed by atoms with Gasteiger partial charge in [0.1, 0.15) is 17.1 Å². The first-order chi connectivity index (χ1) is 13.9. The van der Waals surface area contributed by atoms with Gasteiger partial charge in [0.25, 0.3) is 0 Å². The van der Waals surface area contributed by atoms with Gasteiger partial charge in [0.15, 0.2) is 12.6 Å². The lowest BCUT2D eigenvalue weighted by molar-refractivity contribution is -0.0595. The van der Waals surface area contributed by atoms with E-state index in [1.165, 1.54) is 6.07 Å². The van der Waals surface area contributed by atoms with E-state index in [9.17, 15) is 30.0 Å². The van der Waals surface area contributed by atoms with Gasteiger partial charge >= 0.3 is 0 Å². The van der Waals surface area contributed by atoms with Crippen LogP contribution in [-0.4, -0.2) is 56.4 Å². The molecule has 166 valence electrons. The standard InChI is InChI=1S/C23H32O7/c1-14(7-8-19(27)22(2,3)29)6-5-9-23(4)20(28)11-16-18(26)10-15(12-24)17(13-25)21(16)30-23/h6,10,12-13,19-20,26-29H,5,7-9,11H2,1-4H3. The number of aliphatic hydroxyl groups excluding tert-OH is 2. The van der Waals surface area contributed by atoms with Gasteiger partial charge < -0.3 is 25.2 Å². The third kappa shape index (κ3) is 5.28. The van der Waals surface area contributed by atoms with Crippen molar-refractivity contribution >= 4 is 12.6 Å². The number of allylic oxidation sites excluding steroid dienone is 2. The number of hydrogen-bond donors (Lipinski definition) is 4. The van der Waals surface area contributed by atoms with E-state index in [4.69, 9.17) is 4.74 Å². The van der Waals surface area contributed by atoms with Gasteiger partial charge in [-0.2, -0.15) is 0 Å². The third-order valence-electron chi connectivity index (χ3n) is 5.87. The van der Waals surface area contributed by atoms with E-state index in [2.05, 4.69) is 0 Å². The van der Waals surface area contributed by atoms with Crippen molar-refractivity contribution in [3.05, 3.63) is 34.4 Å². The number of phenols is 1. The maximum atomic E-state index is 11.5. The zero-order valence-corrected chi connectivity index (χ0v) is 18.0. The molecular formula is C23H32O7. The number of aliphatic hydroxyl groups is 3. The lowest BCUT2D eigenvalue weighted by Crippen LogP contribution is -2.49. The van der Waals surface area contributed by atoms with Crippen molar-refractivity contribution in [3.63, 3.8) is 0 Å². The Morgan fingerprint density at radius 2 is 2.03 bits per heavy atom. The molecule has 1 heterocycles. The first kappa shape index (κ1) is 24.1. The van der Waals surface area contributed by atoms with Crippen molar-refractivity contribution in [1.29, 1.82) is 0 Å². The SMILES string of the molecule is CC(=CCCC1(C)Oc2c(C=O)c(C=O)cc(O)c2CC1O)CCC(O)C(C)(C)O. The maximum Gasteiger partial charge on any atom is 0.154 e. The van der Waals surface area contributed by atoms with Crippen molar-refractivity contribution in [1.82, 2.24) is 0 Å². The summed E-state index contributed by atoms with van der Waals surface area (Å²) in [5.41, 5.74) is -0.669. The van der Waals surface area contributed by atoms with Crippen LogP contribution >= 0.6 is 0 Å². The summed E-state index contributed by atoms with van der Waals surface area (Å²) in [6.07, 6.45) is 3.50. The molecule has 0 saturated carbocycles. The summed E-state index contributed by atoms with van der Waals surface area (Å²) in [7, 11) is 0. The quantitative estimate of drug-likeness (QED) is 0.358. The molecule has 3 atom stereocenters. The maximum absolute atomic E-state index is 11.5. The molecule has 1 aromatic rings. The molecule has 0 amide bonds. The minimum Gasteiger partial charge on any atom is -0.508 e. The van der Waals surface area contributed by atoms with Crippen LogP contribution in [0.15, 0.2) is 17.7 Å². The molecule has 4 N–H and O–H groups in total. The van der Waals surface area contributed by atoms with Gasteiger partial charge in [0.05, 0.1) is 23.4 Å². The van der Waals surface area contributed by atoms with Crippen LogP contribution in [0.1, 0.15) is 79.7 Å². The molecule has 7 nitrogen and oxygen atoms in total. The number of rotatable bonds is 9. The van der Waals surface area contributed by atoms with Crippen LogP contribution in [0.2, 0.25) is 0 Å². The van der Waals surface area contributed by atoms with Gasteiger partial charge in [-0.1, -0.05) is 11.6 Å². The van der Waals surface area contributed by atoms with Crippen molar-refractivity contribution in [3.8, 4) is 11.5 Å². The highest BCUT2D eigenvalue weighted by atomic mass is 16.5. The van der Waals surface area contributed by atoms with Crippen LogP contribution in [0, 0.1) is 0 Å². The number of carbonyl (C=O) groups excluding carboxylic acids is 2. The molecule has 0 fully saturated rings. The second kappa shape index (κ2) is 9.29. The molecule has 0 bridgehead atoms. The number of fused-ring (bicyclic) bond motifs is 1. The van der Waals surface area contributed by atoms with Gasteiger partial charge in [-0.15, -0.1) is 0 Å². The van der Waals surface area contributed by atoms with Crippen LogP contribution in [0.25, 0.3) is 0 Å². The number of ether oxygens (including phenoxy) is 1. The molecule has 3 unspecified atom stereocenters. The number of phenolic OH excluding ortho intramolecular Hbond substituents is 1. The van der Waals surface area contributed by atoms with Crippen molar-refractivity contribution in [2.45, 2.75) is 83.2 Å². The van der Waals surface area contributed by atoms with E-state index >= 15 is 0 Å². The van der Waals surface area contributed by atoms with Gasteiger partial charge in [-0.3, -0.25) is 9.59 Å². The Morgan fingerprint density at radius 1 is 1.37 bits per heavy atom. The van der Waals surface area contributed by atoms with Gasteiger partial charge in [0, 0.05) is 17.5 Å². The lowest BCUT2D eigenvalue weighted by Gasteiger charge is -2.40. The fraction of sp³-hybridized carbons (Fsp3) is 0.565. The van der Waals surface area contributed by atoms with Crippen LogP contribution < -0.4 is 4.74 Å². The topological polar surface area (TPSA) is 124 Å². The summed E-state index contributed by atoms with van der Waals surface area (Å²) >= 11 is 0. The second-order valence-corrected chi connectivity index (χ2v) is 8.87. The Morgan fingerprint density at radius 3 is 2.60 bits per heavy atom. The number of aldehydes is 2. The molecule has 0 radical (unpaired) electrons. The Bertz CT molecular complexity index is 822. The van der Waals surface area contributed by atoms with Crippen molar-refractivity contribution in [2.75, 3.05) is 0 Å². The highest BCUT2D eigenvalue weighted by Crippen LogP contribution is 2.43. The Labute approximate surface area is 177 Å². The zero-order chi connectivity index (χ0) is 22.7. The van der Waals surface area contributed by atoms with Gasteiger partial charge in [0.2, 0.25) is 0 Å². The monoisotopic (exact) mass is 420 g/mol. The smallest absolute Gasteiger partial charge is 0.154 e. The van der Waals surface area contributed by atoms with Crippen molar-refractivity contribution < 1.29 is 34.8 Å². The fourth-order valence-electron chi connectivity index (χ4n) is 3.61. The van der Waals surface area contributed by atoms with Crippen LogP contribution in [0.4, 0.5) is 0 Å². The minimum absolute atomic E-state index is 0.0427. The predicted molar refractivity (Wildman–Crippen MR) is 112 cm³/mol. The Balaban J connectivity index is 2.12. The normalized spacial score (nSPS) is 22.8. The molecule has 1 aliphatic heterocycles. The van der Waals surface area contributed by atoms with E-state index < -0.39 is 23.4 Å². The summed E-state index contributed by atoms with van der Waals surface area (Å²) < 4.78 is 6.00. The molecule has 7 heteroatoms. The minimum atomic E-state index is -1.15. The Hall–Kier alpha value is -2.22. The number of hydrogen-bond acceptors (Lipinski definition) is 7. The third-order valence-corrected chi connectivity index (χ3v) is 5.87. The first-order valence-corrected chi connectivity index (χ1v) is 10.1. The van der Waals surface area contributed by atoms with Crippen LogP contribution in [-0.2, 0) is 6.42 Å². The molecule has 1 aromatic carbocycles. The fourth-order valence-corrected chi connectivity index (χ4v) is 3.61. The van der Waals surface area contributed by atoms with E-state index in [1.54, 1.807) is 20.8 Å². The average Bonchev–Trinajstić information content (AvgIpc) is 2.66. The molecule has 2 rings (SSSR count). The number of carbonyl (C=O) groups is 2. The van der Waals surface area contributed by atoms with Gasteiger partial charge in [-0.05, 0) is 59.4 Å². The average molecular weight is 421 g/mol. The number of benzene rings is 1. The summed E-state index contributed by atoms with van der Waals surface area (Å²) in [5.74, 6) is -0.0335. The summed E-state index contributed by atoms with van der Waals surface area (Å²) in [6.45, 7) is 6.81. The summed E-state index contributed by atoms with van der Waals surface area (Å²) in [6, 6.07) is 1.21. The molecule has 1 aliphatic rings. The van der Waals surface area contributed by atoms with E-state index in [0.717, 1.165) is 5.57 Å². The molecule has 0 aliphatic carbocycles. The molecule has 0 aromatic heterocycles. The lowest BCUT2D eigenvalue weighted by atomic mass is 9.84. The van der Waals surface area contributed by atoms with Crippen LogP contribution in [0.3, 0.4) is 0 Å². The predicted octanol–water partition coefficient (Wildman–Crippen LogP) is 2.71. The van der Waals surface area contributed by atoms with E-state index in [1.807, 2.05) is 13.0 Å². The molecule has 30 heavy (non-hydrogen) atoms. The highest BCUT2D eigenvalue weighted by molar-refractivity contribution is 5.94. The van der Waals surface area contributed by atoms with E-state index in [-0.39, 0.29) is 29.0 Å². The van der Waals surface area contributed by atoms with Gasteiger partial charge in [-0.25, -0.2) is 0 Å². The largest absolute Gasteiger partial charge is 0.508 e. The molecule has 0 spiro atoms. The van der Waals surface area contributed by atoms with Crippen LogP contribution in [0.5, 0.6) is 11.5 Å². The highest BCUT2D eigenvalue weighted by Gasteiger charge is 2.41. The molecular weight excluding hydrogens is 388 g/mol. The van der Waals surface area contributed by atoms with E-state index in [0.29, 0.717) is 43.8 Å². The van der Waals surface area contributed by atoms with Crippen molar-refractivity contribution in [2.24, 2.45) is 0 Å². The zero-order valence-electron chi connectivity index (χ0n) is 18.0. The number of aromatic hydroxyl groups is 1. The summed E-state index contributed by atoms with van der Waals surface area (Å²) in [4.78, 5) is 22.8. The Kier molecular flexibility index (Phi) is 7.45. The summed E-state index contributed by atoms with van der Waals surface area (Å²) in [5, 5.41) is 40.6. The second-order valence-electron chi connectivity index (χ2n) is 8.87.